The second-order valence-corrected chi connectivity index (χ2v) is 7.05. The van der Waals surface area contributed by atoms with Gasteiger partial charge in [0, 0.05) is 12.2 Å². The first-order chi connectivity index (χ1) is 8.88. The van der Waals surface area contributed by atoms with E-state index in [2.05, 4.69) is 0 Å². The van der Waals surface area contributed by atoms with Crippen molar-refractivity contribution < 1.29 is 17.9 Å². The van der Waals surface area contributed by atoms with Crippen molar-refractivity contribution in [2.75, 3.05) is 13.0 Å². The minimum Gasteiger partial charge on any atom is -0.454 e. The number of benzene rings is 1. The first-order valence-corrected chi connectivity index (χ1v) is 7.62. The van der Waals surface area contributed by atoms with Crippen molar-refractivity contribution in [3.8, 4) is 17.6 Å². The van der Waals surface area contributed by atoms with Gasteiger partial charge in [-0.05, 0) is 17.7 Å². The van der Waals surface area contributed by atoms with E-state index in [9.17, 15) is 8.42 Å². The Kier molecular flexibility index (Phi) is 2.34. The van der Waals surface area contributed by atoms with Crippen LogP contribution in [-0.4, -0.2) is 32.3 Å². The van der Waals surface area contributed by atoms with E-state index >= 15 is 0 Å². The quantitative estimate of drug-likeness (QED) is 0.827. The monoisotopic (exact) mass is 280 g/mol. The lowest BCUT2D eigenvalue weighted by molar-refractivity contribution is 0.174. The van der Waals surface area contributed by atoms with Crippen LogP contribution >= 0.6 is 0 Å². The number of rotatable bonds is 2. The molecule has 0 radical (unpaired) electrons. The molecule has 2 aliphatic rings. The summed E-state index contributed by atoms with van der Waals surface area (Å²) in [6, 6.07) is 7.03. The van der Waals surface area contributed by atoms with E-state index in [4.69, 9.17) is 20.5 Å². The minimum absolute atomic E-state index is 0.144. The zero-order valence-corrected chi connectivity index (χ0v) is 11.0. The van der Waals surface area contributed by atoms with Crippen LogP contribution < -0.4 is 15.2 Å². The van der Waals surface area contributed by atoms with Crippen molar-refractivity contribution >= 4 is 9.84 Å². The Morgan fingerprint density at radius 1 is 1.42 bits per heavy atom. The molecule has 1 heterocycles. The maximum atomic E-state index is 11.7. The molecule has 0 unspecified atom stereocenters. The van der Waals surface area contributed by atoms with Crippen LogP contribution in [0, 0.1) is 11.3 Å². The van der Waals surface area contributed by atoms with Crippen LogP contribution in [0.4, 0.5) is 0 Å². The molecule has 1 aliphatic heterocycles. The highest BCUT2D eigenvalue weighted by Gasteiger charge is 2.69. The summed E-state index contributed by atoms with van der Waals surface area (Å²) in [5, 5.41) is 8.26. The summed E-state index contributed by atoms with van der Waals surface area (Å²) in [5.41, 5.74) is 5.21. The van der Waals surface area contributed by atoms with E-state index in [1.54, 1.807) is 18.2 Å². The Labute approximate surface area is 110 Å². The fraction of sp³-hybridized carbons (Fsp3) is 0.417. The highest BCUT2D eigenvalue weighted by atomic mass is 32.2. The zero-order valence-electron chi connectivity index (χ0n) is 10.2. The van der Waals surface area contributed by atoms with Gasteiger partial charge in [0.25, 0.3) is 0 Å². The molecular weight excluding hydrogens is 268 g/mol. The first kappa shape index (κ1) is 12.3. The molecule has 1 saturated carbocycles. The van der Waals surface area contributed by atoms with Gasteiger partial charge in [-0.15, -0.1) is 0 Å². The number of nitrogens with two attached hydrogens (primary N) is 1. The normalized spacial score (nSPS) is 31.8. The van der Waals surface area contributed by atoms with Gasteiger partial charge in [-0.25, -0.2) is 8.42 Å². The number of ether oxygens (including phenoxy) is 2. The molecule has 1 aromatic carbocycles. The van der Waals surface area contributed by atoms with E-state index in [1.165, 1.54) is 0 Å². The van der Waals surface area contributed by atoms with Crippen LogP contribution in [0.25, 0.3) is 0 Å². The Hall–Kier alpha value is -1.78. The van der Waals surface area contributed by atoms with Gasteiger partial charge >= 0.3 is 0 Å². The summed E-state index contributed by atoms with van der Waals surface area (Å²) in [6.45, 7) is 0.144. The summed E-state index contributed by atoms with van der Waals surface area (Å²) in [4.78, 5) is 0. The molecule has 0 aromatic heterocycles. The maximum Gasteiger partial charge on any atom is 0.231 e. The number of sulfone groups is 1. The number of nitrogens with zero attached hydrogens (tertiary/aromatic N) is 1. The number of hydrogen-bond donors (Lipinski definition) is 1. The standard InChI is InChI=1S/C12H12N2O4S/c1-19(15,16)11-10(12(11,14)5-13)7-2-3-8-9(4-7)18-6-17-8/h2-4,10-11H,6,14H2,1H3/t10-,11-,12-/m1/s1. The largest absolute Gasteiger partial charge is 0.454 e. The number of nitriles is 1. The topological polar surface area (TPSA) is 102 Å². The van der Waals surface area contributed by atoms with Gasteiger partial charge in [-0.1, -0.05) is 6.07 Å². The average Bonchev–Trinajstić information content (AvgIpc) is 2.77. The van der Waals surface area contributed by atoms with Crippen LogP contribution in [0.5, 0.6) is 11.5 Å². The predicted molar refractivity (Wildman–Crippen MR) is 66.5 cm³/mol. The summed E-state index contributed by atoms with van der Waals surface area (Å²) in [7, 11) is -3.38. The molecular formula is C12H12N2O4S. The first-order valence-electron chi connectivity index (χ1n) is 5.66. The molecule has 6 nitrogen and oxygen atoms in total. The molecule has 7 heteroatoms. The second-order valence-electron chi connectivity index (χ2n) is 4.89. The minimum atomic E-state index is -3.38. The van der Waals surface area contributed by atoms with Crippen molar-refractivity contribution in [2.45, 2.75) is 16.7 Å². The van der Waals surface area contributed by atoms with E-state index < -0.39 is 26.5 Å². The van der Waals surface area contributed by atoms with Gasteiger partial charge in [0.15, 0.2) is 21.3 Å². The molecule has 19 heavy (non-hydrogen) atoms. The Morgan fingerprint density at radius 3 is 2.68 bits per heavy atom. The van der Waals surface area contributed by atoms with Gasteiger partial charge in [0.2, 0.25) is 6.79 Å². The summed E-state index contributed by atoms with van der Waals surface area (Å²) >= 11 is 0. The Bertz CT molecular complexity index is 694. The van der Waals surface area contributed by atoms with E-state index in [0.717, 1.165) is 6.26 Å². The van der Waals surface area contributed by atoms with Gasteiger partial charge in [-0.3, -0.25) is 0 Å². The third-order valence-electron chi connectivity index (χ3n) is 3.59. The fourth-order valence-corrected chi connectivity index (χ4v) is 4.37. The number of hydrogen-bond acceptors (Lipinski definition) is 6. The Balaban J connectivity index is 2.02. The van der Waals surface area contributed by atoms with Crippen LogP contribution in [0.15, 0.2) is 18.2 Å². The molecule has 1 aromatic rings. The van der Waals surface area contributed by atoms with E-state index in [0.29, 0.717) is 17.1 Å². The van der Waals surface area contributed by atoms with Crippen molar-refractivity contribution in [1.82, 2.24) is 0 Å². The third-order valence-corrected chi connectivity index (χ3v) is 5.17. The lowest BCUT2D eigenvalue weighted by atomic mass is 10.1. The highest BCUT2D eigenvalue weighted by molar-refractivity contribution is 7.91. The number of fused-ring (bicyclic) bond motifs is 1. The smallest absolute Gasteiger partial charge is 0.231 e. The summed E-state index contributed by atoms with van der Waals surface area (Å²) in [6.07, 6.45) is 1.10. The lowest BCUT2D eigenvalue weighted by Gasteiger charge is -2.02. The zero-order chi connectivity index (χ0) is 13.8. The fourth-order valence-electron chi connectivity index (χ4n) is 2.67. The summed E-state index contributed by atoms with van der Waals surface area (Å²) < 4.78 is 33.8. The van der Waals surface area contributed by atoms with Crippen LogP contribution in [0.1, 0.15) is 11.5 Å². The highest BCUT2D eigenvalue weighted by Crippen LogP contribution is 2.54. The molecule has 1 aliphatic carbocycles. The Morgan fingerprint density at radius 2 is 2.11 bits per heavy atom. The predicted octanol–water partition coefficient (Wildman–Crippen LogP) is 0.147. The maximum absolute atomic E-state index is 11.7. The van der Waals surface area contributed by atoms with E-state index in [1.807, 2.05) is 6.07 Å². The van der Waals surface area contributed by atoms with Crippen molar-refractivity contribution in [2.24, 2.45) is 5.73 Å². The van der Waals surface area contributed by atoms with Crippen LogP contribution in [-0.2, 0) is 9.84 Å². The molecule has 3 atom stereocenters. The van der Waals surface area contributed by atoms with E-state index in [-0.39, 0.29) is 6.79 Å². The van der Waals surface area contributed by atoms with Crippen molar-refractivity contribution in [3.05, 3.63) is 23.8 Å². The summed E-state index contributed by atoms with van der Waals surface area (Å²) in [5.74, 6) is 0.638. The third kappa shape index (κ3) is 1.68. The van der Waals surface area contributed by atoms with Crippen LogP contribution in [0.3, 0.4) is 0 Å². The van der Waals surface area contributed by atoms with Gasteiger partial charge < -0.3 is 15.2 Å². The molecule has 0 spiro atoms. The SMILES string of the molecule is CS(=O)(=O)[C@@H]1[C@@H](c2ccc3c(c2)OCO3)[C@]1(N)C#N. The van der Waals surface area contributed by atoms with Crippen molar-refractivity contribution in [1.29, 1.82) is 5.26 Å². The molecule has 100 valence electrons. The molecule has 0 saturated heterocycles. The van der Waals surface area contributed by atoms with Gasteiger partial charge in [-0.2, -0.15) is 5.26 Å². The molecule has 1 fully saturated rings. The molecule has 3 rings (SSSR count). The van der Waals surface area contributed by atoms with Gasteiger partial charge in [0.05, 0.1) is 6.07 Å². The van der Waals surface area contributed by atoms with Gasteiger partial charge in [0.1, 0.15) is 10.8 Å². The van der Waals surface area contributed by atoms with Crippen molar-refractivity contribution in [3.63, 3.8) is 0 Å². The second kappa shape index (κ2) is 3.62. The lowest BCUT2D eigenvalue weighted by Crippen LogP contribution is -2.28. The molecule has 0 amide bonds. The average molecular weight is 280 g/mol. The molecule has 2 N–H and O–H groups in total. The van der Waals surface area contributed by atoms with Crippen LogP contribution in [0.2, 0.25) is 0 Å². The molecule has 0 bridgehead atoms.